The Bertz CT molecular complexity index is 886. The summed E-state index contributed by atoms with van der Waals surface area (Å²) in [6, 6.07) is 14.4. The van der Waals surface area contributed by atoms with Gasteiger partial charge in [-0.15, -0.1) is 0 Å². The van der Waals surface area contributed by atoms with Crippen molar-refractivity contribution in [3.63, 3.8) is 0 Å². The number of carbonyl (C=O) groups excluding carboxylic acids is 3. The number of piperidine rings is 1. The molecule has 0 radical (unpaired) electrons. The minimum absolute atomic E-state index is 0.0107. The summed E-state index contributed by atoms with van der Waals surface area (Å²) in [5.74, 6) is 0.345. The average molecular weight is 364 g/mol. The predicted octanol–water partition coefficient (Wildman–Crippen LogP) is 2.75. The zero-order valence-electron chi connectivity index (χ0n) is 14.8. The summed E-state index contributed by atoms with van der Waals surface area (Å²) in [5, 5.41) is 2.72. The fourth-order valence-corrected chi connectivity index (χ4v) is 3.58. The molecule has 0 unspecified atom stereocenters. The zero-order valence-corrected chi connectivity index (χ0v) is 14.8. The second-order valence-electron chi connectivity index (χ2n) is 6.84. The van der Waals surface area contributed by atoms with Crippen LogP contribution in [0.1, 0.15) is 33.6 Å². The number of rotatable bonds is 3. The van der Waals surface area contributed by atoms with E-state index in [1.165, 1.54) is 0 Å². The average Bonchev–Trinajstić information content (AvgIpc) is 2.73. The molecule has 0 saturated carbocycles. The summed E-state index contributed by atoms with van der Waals surface area (Å²) in [4.78, 5) is 38.6. The number of nitrogens with zero attached hydrogens (tertiary/aromatic N) is 1. The number of ketones is 1. The lowest BCUT2D eigenvalue weighted by Crippen LogP contribution is -2.40. The zero-order chi connectivity index (χ0) is 18.8. The van der Waals surface area contributed by atoms with Gasteiger partial charge in [-0.1, -0.05) is 30.3 Å². The number of amides is 2. The van der Waals surface area contributed by atoms with Crippen LogP contribution in [0.2, 0.25) is 0 Å². The van der Waals surface area contributed by atoms with Gasteiger partial charge in [0.05, 0.1) is 5.69 Å². The van der Waals surface area contributed by atoms with Gasteiger partial charge in [-0.2, -0.15) is 0 Å². The third-order valence-electron chi connectivity index (χ3n) is 5.07. The fourth-order valence-electron chi connectivity index (χ4n) is 3.58. The molecule has 0 aromatic heterocycles. The van der Waals surface area contributed by atoms with Crippen LogP contribution in [0.5, 0.6) is 5.75 Å². The number of nitrogens with one attached hydrogen (secondary N) is 1. The van der Waals surface area contributed by atoms with E-state index >= 15 is 0 Å². The lowest BCUT2D eigenvalue weighted by atomic mass is 9.88. The van der Waals surface area contributed by atoms with Crippen LogP contribution in [0, 0.1) is 5.92 Å². The van der Waals surface area contributed by atoms with Crippen molar-refractivity contribution in [3.8, 4) is 5.75 Å². The Morgan fingerprint density at radius 3 is 2.48 bits per heavy atom. The minimum atomic E-state index is -0.229. The lowest BCUT2D eigenvalue weighted by molar-refractivity contribution is -0.118. The molecule has 1 N–H and O–H groups in total. The lowest BCUT2D eigenvalue weighted by Gasteiger charge is -2.31. The van der Waals surface area contributed by atoms with Crippen molar-refractivity contribution < 1.29 is 19.1 Å². The Hall–Kier alpha value is -3.15. The molecule has 0 spiro atoms. The van der Waals surface area contributed by atoms with Gasteiger partial charge in [0.25, 0.3) is 11.8 Å². The van der Waals surface area contributed by atoms with E-state index in [0.29, 0.717) is 42.9 Å². The van der Waals surface area contributed by atoms with E-state index in [1.807, 2.05) is 30.3 Å². The largest absolute Gasteiger partial charge is 0.482 e. The van der Waals surface area contributed by atoms with Gasteiger partial charge in [0, 0.05) is 30.1 Å². The van der Waals surface area contributed by atoms with Gasteiger partial charge in [0.15, 0.2) is 12.4 Å². The number of ether oxygens (including phenoxy) is 1. The normalized spacial score (nSPS) is 16.9. The van der Waals surface area contributed by atoms with Gasteiger partial charge < -0.3 is 15.0 Å². The Morgan fingerprint density at radius 1 is 1.00 bits per heavy atom. The van der Waals surface area contributed by atoms with Gasteiger partial charge in [-0.05, 0) is 31.0 Å². The fraction of sp³-hybridized carbons (Fsp3) is 0.286. The SMILES string of the molecule is O=C1COc2ccc(C(=O)N3CCC(C(=O)c4ccccc4)CC3)cc2N1. The first-order valence-corrected chi connectivity index (χ1v) is 9.07. The summed E-state index contributed by atoms with van der Waals surface area (Å²) >= 11 is 0. The predicted molar refractivity (Wildman–Crippen MR) is 100.0 cm³/mol. The monoisotopic (exact) mass is 364 g/mol. The van der Waals surface area contributed by atoms with Crippen LogP contribution in [0.3, 0.4) is 0 Å². The van der Waals surface area contributed by atoms with Gasteiger partial charge in [-0.25, -0.2) is 0 Å². The van der Waals surface area contributed by atoms with Crippen LogP contribution in [-0.2, 0) is 4.79 Å². The number of likely N-dealkylation sites (tertiary alicyclic amines) is 1. The second-order valence-corrected chi connectivity index (χ2v) is 6.84. The highest BCUT2D eigenvalue weighted by atomic mass is 16.5. The Balaban J connectivity index is 1.41. The first-order chi connectivity index (χ1) is 13.1. The smallest absolute Gasteiger partial charge is 0.262 e. The summed E-state index contributed by atoms with van der Waals surface area (Å²) in [5.41, 5.74) is 1.76. The molecule has 138 valence electrons. The molecule has 6 nitrogen and oxygen atoms in total. The van der Waals surface area contributed by atoms with E-state index in [0.717, 1.165) is 5.56 Å². The topological polar surface area (TPSA) is 75.7 Å². The van der Waals surface area contributed by atoms with Crippen molar-refractivity contribution >= 4 is 23.3 Å². The maximum Gasteiger partial charge on any atom is 0.262 e. The first-order valence-electron chi connectivity index (χ1n) is 9.07. The van der Waals surface area contributed by atoms with Crippen LogP contribution in [0.25, 0.3) is 0 Å². The summed E-state index contributed by atoms with van der Waals surface area (Å²) < 4.78 is 5.32. The van der Waals surface area contributed by atoms with E-state index in [1.54, 1.807) is 23.1 Å². The van der Waals surface area contributed by atoms with E-state index in [-0.39, 0.29) is 30.1 Å². The number of carbonyl (C=O) groups is 3. The molecule has 0 aliphatic carbocycles. The van der Waals surface area contributed by atoms with Crippen LogP contribution in [0.4, 0.5) is 5.69 Å². The van der Waals surface area contributed by atoms with Crippen molar-refractivity contribution in [2.75, 3.05) is 25.0 Å². The maximum atomic E-state index is 12.8. The van der Waals surface area contributed by atoms with Gasteiger partial charge in [-0.3, -0.25) is 14.4 Å². The molecule has 1 fully saturated rings. The number of fused-ring (bicyclic) bond motifs is 1. The molecule has 2 heterocycles. The minimum Gasteiger partial charge on any atom is -0.482 e. The number of hydrogen-bond acceptors (Lipinski definition) is 4. The van der Waals surface area contributed by atoms with Crippen LogP contribution < -0.4 is 10.1 Å². The molecule has 2 aliphatic heterocycles. The third-order valence-corrected chi connectivity index (χ3v) is 5.07. The highest BCUT2D eigenvalue weighted by Crippen LogP contribution is 2.30. The summed E-state index contributed by atoms with van der Waals surface area (Å²) in [7, 11) is 0. The van der Waals surface area contributed by atoms with E-state index in [4.69, 9.17) is 4.74 Å². The van der Waals surface area contributed by atoms with Crippen molar-refractivity contribution in [1.82, 2.24) is 4.90 Å². The summed E-state index contributed by atoms with van der Waals surface area (Å²) in [6.07, 6.45) is 1.31. The van der Waals surface area contributed by atoms with Gasteiger partial charge >= 0.3 is 0 Å². The molecule has 0 bridgehead atoms. The van der Waals surface area contributed by atoms with Gasteiger partial charge in [0.1, 0.15) is 5.75 Å². The third kappa shape index (κ3) is 3.56. The summed E-state index contributed by atoms with van der Waals surface area (Å²) in [6.45, 7) is 1.08. The van der Waals surface area contributed by atoms with Crippen LogP contribution in [0.15, 0.2) is 48.5 Å². The molecule has 2 aromatic rings. The van der Waals surface area contributed by atoms with Crippen molar-refractivity contribution in [2.45, 2.75) is 12.8 Å². The molecule has 6 heteroatoms. The van der Waals surface area contributed by atoms with Crippen molar-refractivity contribution in [2.24, 2.45) is 5.92 Å². The highest BCUT2D eigenvalue weighted by Gasteiger charge is 2.29. The van der Waals surface area contributed by atoms with E-state index < -0.39 is 0 Å². The number of benzene rings is 2. The number of hydrogen-bond donors (Lipinski definition) is 1. The molecule has 2 aliphatic rings. The van der Waals surface area contributed by atoms with Crippen molar-refractivity contribution in [3.05, 3.63) is 59.7 Å². The molecule has 27 heavy (non-hydrogen) atoms. The van der Waals surface area contributed by atoms with E-state index in [9.17, 15) is 14.4 Å². The maximum absolute atomic E-state index is 12.8. The highest BCUT2D eigenvalue weighted by molar-refractivity contribution is 6.00. The Labute approximate surface area is 157 Å². The van der Waals surface area contributed by atoms with E-state index in [2.05, 4.69) is 5.32 Å². The molecule has 0 atom stereocenters. The first kappa shape index (κ1) is 17.3. The van der Waals surface area contributed by atoms with Crippen LogP contribution in [-0.4, -0.2) is 42.2 Å². The number of Topliss-reactive ketones (excluding diaryl/α,β-unsaturated/α-hetero) is 1. The van der Waals surface area contributed by atoms with Crippen molar-refractivity contribution in [1.29, 1.82) is 0 Å². The second kappa shape index (κ2) is 7.23. The molecule has 4 rings (SSSR count). The standard InChI is InChI=1S/C21H20N2O4/c24-19-13-27-18-7-6-16(12-17(18)22-19)21(26)23-10-8-15(9-11-23)20(25)14-4-2-1-3-5-14/h1-7,12,15H,8-11,13H2,(H,22,24). The van der Waals surface area contributed by atoms with Crippen LogP contribution >= 0.6 is 0 Å². The Morgan fingerprint density at radius 2 is 1.74 bits per heavy atom. The molecule has 2 aromatic carbocycles. The molecular weight excluding hydrogens is 344 g/mol. The van der Waals surface area contributed by atoms with Gasteiger partial charge in [0.2, 0.25) is 0 Å². The molecule has 2 amide bonds. The number of anilines is 1. The Kier molecular flexibility index (Phi) is 4.62. The molecular formula is C21H20N2O4. The quantitative estimate of drug-likeness (QED) is 0.850. The molecule has 1 saturated heterocycles.